The zero-order valence-electron chi connectivity index (χ0n) is 18.7. The molecule has 4 rings (SSSR count). The summed E-state index contributed by atoms with van der Waals surface area (Å²) in [5.41, 5.74) is 0.165. The summed E-state index contributed by atoms with van der Waals surface area (Å²) in [7, 11) is 2.98. The molecule has 0 aliphatic carbocycles. The summed E-state index contributed by atoms with van der Waals surface area (Å²) < 4.78 is 18.2. The number of benzene rings is 1. The van der Waals surface area contributed by atoms with Gasteiger partial charge in [0.1, 0.15) is 11.6 Å². The Morgan fingerprint density at radius 3 is 2.38 bits per heavy atom. The molecule has 0 radical (unpaired) electrons. The first-order valence-corrected chi connectivity index (χ1v) is 10.6. The van der Waals surface area contributed by atoms with Gasteiger partial charge in [-0.2, -0.15) is 0 Å². The molecule has 1 aliphatic heterocycles. The zero-order chi connectivity index (χ0) is 23.2. The Bertz CT molecular complexity index is 1300. The Labute approximate surface area is 184 Å². The van der Waals surface area contributed by atoms with Crippen molar-refractivity contribution in [2.45, 2.75) is 26.4 Å². The summed E-state index contributed by atoms with van der Waals surface area (Å²) in [5.74, 6) is 0.209. The van der Waals surface area contributed by atoms with Gasteiger partial charge in [-0.1, -0.05) is 12.1 Å². The van der Waals surface area contributed by atoms with Gasteiger partial charge in [0.2, 0.25) is 0 Å². The molecule has 10 heteroatoms. The highest BCUT2D eigenvalue weighted by atomic mass is 19.1. The van der Waals surface area contributed by atoms with Crippen molar-refractivity contribution in [3.05, 3.63) is 56.7 Å². The first kappa shape index (κ1) is 21.9. The Morgan fingerprint density at radius 1 is 1.09 bits per heavy atom. The van der Waals surface area contributed by atoms with Crippen LogP contribution >= 0.6 is 0 Å². The van der Waals surface area contributed by atoms with Crippen molar-refractivity contribution in [3.8, 4) is 0 Å². The number of Topliss-reactive ketones (excluding diaryl/α,β-unsaturated/α-hetero) is 1. The van der Waals surface area contributed by atoms with Gasteiger partial charge in [-0.3, -0.25) is 23.6 Å². The number of aryl methyl sites for hydroxylation is 1. The van der Waals surface area contributed by atoms with Gasteiger partial charge < -0.3 is 9.47 Å². The molecule has 0 amide bonds. The number of halogens is 1. The molecule has 3 aromatic rings. The van der Waals surface area contributed by atoms with Crippen LogP contribution < -0.4 is 16.1 Å². The van der Waals surface area contributed by atoms with Crippen LogP contribution in [-0.2, 0) is 25.4 Å². The van der Waals surface area contributed by atoms with Gasteiger partial charge in [-0.25, -0.2) is 14.2 Å². The number of rotatable bonds is 5. The molecule has 0 saturated carbocycles. The SMILES string of the molecule is CC(=O)C(C)n1c(CN2CCN(c3ccccc3F)CC2)nc2c1c(=O)n(C)c(=O)n2C. The molecule has 2 aromatic heterocycles. The minimum absolute atomic E-state index is 0.106. The largest absolute Gasteiger partial charge is 0.367 e. The third kappa shape index (κ3) is 3.64. The summed E-state index contributed by atoms with van der Waals surface area (Å²) in [5, 5.41) is 0. The molecular weight excluding hydrogens is 415 g/mol. The lowest BCUT2D eigenvalue weighted by Crippen LogP contribution is -2.46. The number of anilines is 1. The number of hydrogen-bond donors (Lipinski definition) is 0. The van der Waals surface area contributed by atoms with Gasteiger partial charge >= 0.3 is 5.69 Å². The van der Waals surface area contributed by atoms with Crippen LogP contribution in [0.3, 0.4) is 0 Å². The smallest absolute Gasteiger partial charge is 0.332 e. The lowest BCUT2D eigenvalue weighted by atomic mass is 10.2. The zero-order valence-corrected chi connectivity index (χ0v) is 18.7. The van der Waals surface area contributed by atoms with Gasteiger partial charge in [0.05, 0.1) is 18.3 Å². The maximum atomic E-state index is 14.1. The van der Waals surface area contributed by atoms with E-state index in [-0.39, 0.29) is 22.8 Å². The highest BCUT2D eigenvalue weighted by Crippen LogP contribution is 2.23. The predicted molar refractivity (Wildman–Crippen MR) is 119 cm³/mol. The van der Waals surface area contributed by atoms with Crippen LogP contribution in [0.1, 0.15) is 25.7 Å². The fourth-order valence-electron chi connectivity index (χ4n) is 4.23. The van der Waals surface area contributed by atoms with Gasteiger partial charge in [-0.05, 0) is 26.0 Å². The third-order valence-electron chi connectivity index (χ3n) is 6.27. The average Bonchev–Trinajstić information content (AvgIpc) is 3.15. The second-order valence-corrected chi connectivity index (χ2v) is 8.28. The average molecular weight is 442 g/mol. The van der Waals surface area contributed by atoms with Gasteiger partial charge in [0.15, 0.2) is 16.9 Å². The van der Waals surface area contributed by atoms with Crippen molar-refractivity contribution in [3.63, 3.8) is 0 Å². The number of carbonyl (C=O) groups excluding carboxylic acids is 1. The van der Waals surface area contributed by atoms with E-state index in [1.807, 2.05) is 11.0 Å². The molecule has 32 heavy (non-hydrogen) atoms. The Kier molecular flexibility index (Phi) is 5.72. The van der Waals surface area contributed by atoms with Crippen molar-refractivity contribution in [1.82, 2.24) is 23.6 Å². The van der Waals surface area contributed by atoms with Crippen molar-refractivity contribution in [2.75, 3.05) is 31.1 Å². The monoisotopic (exact) mass is 442 g/mol. The van der Waals surface area contributed by atoms with Crippen molar-refractivity contribution < 1.29 is 9.18 Å². The second kappa shape index (κ2) is 8.34. The first-order chi connectivity index (χ1) is 15.2. The standard InChI is InChI=1S/C22H27FN6O3/c1-14(15(2)30)29-18(24-20-19(29)21(31)26(4)22(32)25(20)3)13-27-9-11-28(12-10-27)17-8-6-5-7-16(17)23/h5-8,14H,9-13H2,1-4H3. The molecular formula is C22H27FN6O3. The molecule has 1 fully saturated rings. The van der Waals surface area contributed by atoms with Crippen LogP contribution in [0, 0.1) is 5.82 Å². The van der Waals surface area contributed by atoms with E-state index in [0.717, 1.165) is 4.57 Å². The van der Waals surface area contributed by atoms with E-state index < -0.39 is 17.3 Å². The van der Waals surface area contributed by atoms with E-state index in [0.29, 0.717) is 44.2 Å². The fraction of sp³-hybridized carbons (Fsp3) is 0.455. The fourth-order valence-corrected chi connectivity index (χ4v) is 4.23. The number of carbonyl (C=O) groups is 1. The van der Waals surface area contributed by atoms with Crippen molar-refractivity contribution in [2.24, 2.45) is 14.1 Å². The summed E-state index contributed by atoms with van der Waals surface area (Å²) in [6, 6.07) is 6.13. The highest BCUT2D eigenvalue weighted by molar-refractivity contribution is 5.82. The third-order valence-corrected chi connectivity index (χ3v) is 6.27. The quantitative estimate of drug-likeness (QED) is 0.587. The molecule has 1 aromatic carbocycles. The van der Waals surface area contributed by atoms with Crippen LogP contribution in [0.15, 0.2) is 33.9 Å². The highest BCUT2D eigenvalue weighted by Gasteiger charge is 2.27. The van der Waals surface area contributed by atoms with Gasteiger partial charge in [0.25, 0.3) is 5.56 Å². The summed E-state index contributed by atoms with van der Waals surface area (Å²) in [6.07, 6.45) is 0. The minimum Gasteiger partial charge on any atom is -0.367 e. The molecule has 1 aliphatic rings. The first-order valence-electron chi connectivity index (χ1n) is 10.6. The van der Waals surface area contributed by atoms with Gasteiger partial charge in [-0.15, -0.1) is 0 Å². The molecule has 1 unspecified atom stereocenters. The van der Waals surface area contributed by atoms with E-state index in [2.05, 4.69) is 9.88 Å². The minimum atomic E-state index is -0.597. The molecule has 3 heterocycles. The molecule has 9 nitrogen and oxygen atoms in total. The number of para-hydroxylation sites is 1. The van der Waals surface area contributed by atoms with Crippen LogP contribution in [0.4, 0.5) is 10.1 Å². The molecule has 170 valence electrons. The van der Waals surface area contributed by atoms with E-state index in [1.54, 1.807) is 30.7 Å². The van der Waals surface area contributed by atoms with Crippen molar-refractivity contribution >= 4 is 22.6 Å². The topological polar surface area (TPSA) is 85.4 Å². The van der Waals surface area contributed by atoms with Gasteiger partial charge in [0, 0.05) is 40.3 Å². The van der Waals surface area contributed by atoms with E-state index >= 15 is 0 Å². The van der Waals surface area contributed by atoms with Crippen LogP contribution in [0.2, 0.25) is 0 Å². The summed E-state index contributed by atoms with van der Waals surface area (Å²) >= 11 is 0. The number of nitrogens with zero attached hydrogens (tertiary/aromatic N) is 6. The summed E-state index contributed by atoms with van der Waals surface area (Å²) in [4.78, 5) is 46.3. The maximum absolute atomic E-state index is 14.1. The van der Waals surface area contributed by atoms with Crippen molar-refractivity contribution in [1.29, 1.82) is 0 Å². The number of imidazole rings is 1. The van der Waals surface area contributed by atoms with E-state index in [4.69, 9.17) is 0 Å². The Morgan fingerprint density at radius 2 is 1.75 bits per heavy atom. The number of fused-ring (bicyclic) bond motifs is 1. The number of piperazine rings is 1. The molecule has 1 saturated heterocycles. The lowest BCUT2D eigenvalue weighted by molar-refractivity contribution is -0.119. The van der Waals surface area contributed by atoms with Crippen LogP contribution in [0.5, 0.6) is 0 Å². The Balaban J connectivity index is 1.67. The van der Waals surface area contributed by atoms with E-state index in [9.17, 15) is 18.8 Å². The molecule has 0 bridgehead atoms. The lowest BCUT2D eigenvalue weighted by Gasteiger charge is -2.36. The molecule has 0 N–H and O–H groups in total. The Hall–Kier alpha value is -3.27. The molecule has 1 atom stereocenters. The maximum Gasteiger partial charge on any atom is 0.332 e. The number of aromatic nitrogens is 4. The van der Waals surface area contributed by atoms with Crippen LogP contribution in [0.25, 0.3) is 11.2 Å². The summed E-state index contributed by atoms with van der Waals surface area (Å²) in [6.45, 7) is 6.24. The van der Waals surface area contributed by atoms with Crippen LogP contribution in [-0.4, -0.2) is 55.5 Å². The second-order valence-electron chi connectivity index (χ2n) is 8.28. The predicted octanol–water partition coefficient (Wildman–Crippen LogP) is 1.05. The van der Waals surface area contributed by atoms with E-state index in [1.165, 1.54) is 24.6 Å². The number of hydrogen-bond acceptors (Lipinski definition) is 6. The molecule has 0 spiro atoms. The number of ketones is 1. The normalized spacial score (nSPS) is 16.0.